The molecule has 0 unspecified atom stereocenters. The summed E-state index contributed by atoms with van der Waals surface area (Å²) in [5.74, 6) is 0.893. The molecule has 0 aromatic heterocycles. The summed E-state index contributed by atoms with van der Waals surface area (Å²) >= 11 is 2.33. The Kier molecular flexibility index (Phi) is 4.96. The van der Waals surface area contributed by atoms with E-state index < -0.39 is 0 Å². The van der Waals surface area contributed by atoms with E-state index in [0.29, 0.717) is 6.61 Å². The van der Waals surface area contributed by atoms with Gasteiger partial charge in [0.05, 0.1) is 12.3 Å². The maximum absolute atomic E-state index is 5.41. The highest BCUT2D eigenvalue weighted by Gasteiger charge is 1.96. The number of ether oxygens (including phenoxy) is 1. The molecular formula is C16H16INO. The lowest BCUT2D eigenvalue weighted by atomic mass is 10.2. The average Bonchev–Trinajstić information content (AvgIpc) is 2.42. The molecule has 0 heterocycles. The van der Waals surface area contributed by atoms with Gasteiger partial charge in [0.2, 0.25) is 0 Å². The first-order chi connectivity index (χ1) is 9.19. The highest BCUT2D eigenvalue weighted by atomic mass is 127. The lowest BCUT2D eigenvalue weighted by Gasteiger charge is -2.02. The normalized spacial score (nSPS) is 10.9. The van der Waals surface area contributed by atoms with Gasteiger partial charge in [0.25, 0.3) is 0 Å². The fourth-order valence-electron chi connectivity index (χ4n) is 1.63. The lowest BCUT2D eigenvalue weighted by molar-refractivity contribution is 0.340. The predicted molar refractivity (Wildman–Crippen MR) is 88.8 cm³/mol. The van der Waals surface area contributed by atoms with Crippen LogP contribution in [0.25, 0.3) is 0 Å². The Morgan fingerprint density at radius 2 is 1.89 bits per heavy atom. The van der Waals surface area contributed by atoms with E-state index in [1.54, 1.807) is 0 Å². The quantitative estimate of drug-likeness (QED) is 0.566. The van der Waals surface area contributed by atoms with Gasteiger partial charge in [-0.15, -0.1) is 0 Å². The molecule has 0 bridgehead atoms. The summed E-state index contributed by atoms with van der Waals surface area (Å²) in [6, 6.07) is 14.1. The molecule has 2 aromatic carbocycles. The topological polar surface area (TPSA) is 21.6 Å². The Balaban J connectivity index is 2.11. The van der Waals surface area contributed by atoms with Gasteiger partial charge in [0.1, 0.15) is 5.75 Å². The fourth-order valence-corrected chi connectivity index (χ4v) is 2.13. The molecule has 98 valence electrons. The number of aliphatic imine (C=N–C) groups is 1. The van der Waals surface area contributed by atoms with Crippen LogP contribution >= 0.6 is 22.6 Å². The number of hydrogen-bond donors (Lipinski definition) is 0. The highest BCUT2D eigenvalue weighted by molar-refractivity contribution is 14.1. The van der Waals surface area contributed by atoms with Gasteiger partial charge in [-0.1, -0.05) is 6.07 Å². The standard InChI is InChI=1S/C16H16INO/c1-3-19-15-8-5-13(6-9-15)11-18-14-7-4-12(2)16(17)10-14/h4-11H,3H2,1-2H3. The number of halogens is 1. The van der Waals surface area contributed by atoms with Gasteiger partial charge < -0.3 is 4.74 Å². The Bertz CT molecular complexity index is 576. The molecule has 0 aliphatic heterocycles. The van der Waals surface area contributed by atoms with Crippen LogP contribution in [0.1, 0.15) is 18.1 Å². The smallest absolute Gasteiger partial charge is 0.119 e. The van der Waals surface area contributed by atoms with Crippen molar-refractivity contribution in [3.05, 3.63) is 57.2 Å². The summed E-state index contributed by atoms with van der Waals surface area (Å²) in [4.78, 5) is 4.48. The van der Waals surface area contributed by atoms with Gasteiger partial charge in [-0.05, 0) is 84.0 Å². The van der Waals surface area contributed by atoms with E-state index in [-0.39, 0.29) is 0 Å². The molecule has 0 saturated heterocycles. The summed E-state index contributed by atoms with van der Waals surface area (Å²) in [5, 5.41) is 0. The molecule has 2 rings (SSSR count). The van der Waals surface area contributed by atoms with Crippen LogP contribution in [0.4, 0.5) is 5.69 Å². The summed E-state index contributed by atoms with van der Waals surface area (Å²) in [5.41, 5.74) is 3.32. The third-order valence-corrected chi connectivity index (χ3v) is 3.87. The Labute approximate surface area is 127 Å². The first-order valence-electron chi connectivity index (χ1n) is 6.22. The zero-order valence-corrected chi connectivity index (χ0v) is 13.2. The van der Waals surface area contributed by atoms with Crippen molar-refractivity contribution in [3.63, 3.8) is 0 Å². The van der Waals surface area contributed by atoms with Crippen molar-refractivity contribution >= 4 is 34.5 Å². The van der Waals surface area contributed by atoms with Crippen molar-refractivity contribution in [2.24, 2.45) is 4.99 Å². The Morgan fingerprint density at radius 3 is 2.53 bits per heavy atom. The maximum Gasteiger partial charge on any atom is 0.119 e. The van der Waals surface area contributed by atoms with Crippen LogP contribution in [0, 0.1) is 10.5 Å². The lowest BCUT2D eigenvalue weighted by Crippen LogP contribution is -1.91. The Hall–Kier alpha value is -1.36. The SMILES string of the molecule is CCOc1ccc(C=Nc2ccc(C)c(I)c2)cc1. The third kappa shape index (κ3) is 4.06. The molecular weight excluding hydrogens is 349 g/mol. The molecule has 0 radical (unpaired) electrons. The number of nitrogens with zero attached hydrogens (tertiary/aromatic N) is 1. The van der Waals surface area contributed by atoms with E-state index in [1.807, 2.05) is 43.5 Å². The van der Waals surface area contributed by atoms with Crippen molar-refractivity contribution < 1.29 is 4.74 Å². The summed E-state index contributed by atoms with van der Waals surface area (Å²) < 4.78 is 6.64. The molecule has 19 heavy (non-hydrogen) atoms. The van der Waals surface area contributed by atoms with E-state index in [0.717, 1.165) is 17.0 Å². The zero-order chi connectivity index (χ0) is 13.7. The summed E-state index contributed by atoms with van der Waals surface area (Å²) in [7, 11) is 0. The number of benzene rings is 2. The van der Waals surface area contributed by atoms with Crippen LogP contribution in [0.3, 0.4) is 0 Å². The summed E-state index contributed by atoms with van der Waals surface area (Å²) in [6.07, 6.45) is 1.87. The second-order valence-corrected chi connectivity index (χ2v) is 5.36. The molecule has 0 aliphatic rings. The van der Waals surface area contributed by atoms with Gasteiger partial charge in [-0.25, -0.2) is 0 Å². The predicted octanol–water partition coefficient (Wildman–Crippen LogP) is 4.75. The van der Waals surface area contributed by atoms with Crippen molar-refractivity contribution in [3.8, 4) is 5.75 Å². The fraction of sp³-hybridized carbons (Fsp3) is 0.188. The second-order valence-electron chi connectivity index (χ2n) is 4.19. The molecule has 0 aliphatic carbocycles. The molecule has 2 nitrogen and oxygen atoms in total. The first kappa shape index (κ1) is 14.1. The van der Waals surface area contributed by atoms with Crippen molar-refractivity contribution in [2.45, 2.75) is 13.8 Å². The Morgan fingerprint density at radius 1 is 1.16 bits per heavy atom. The highest BCUT2D eigenvalue weighted by Crippen LogP contribution is 2.19. The van der Waals surface area contributed by atoms with Gasteiger partial charge in [-0.3, -0.25) is 4.99 Å². The minimum Gasteiger partial charge on any atom is -0.494 e. The van der Waals surface area contributed by atoms with Crippen molar-refractivity contribution in [1.29, 1.82) is 0 Å². The van der Waals surface area contributed by atoms with E-state index in [4.69, 9.17) is 4.74 Å². The van der Waals surface area contributed by atoms with E-state index in [1.165, 1.54) is 9.13 Å². The van der Waals surface area contributed by atoms with E-state index in [2.05, 4.69) is 46.6 Å². The molecule has 0 atom stereocenters. The van der Waals surface area contributed by atoms with Crippen LogP contribution < -0.4 is 4.74 Å². The number of aryl methyl sites for hydroxylation is 1. The van der Waals surface area contributed by atoms with Crippen molar-refractivity contribution in [2.75, 3.05) is 6.61 Å². The monoisotopic (exact) mass is 365 g/mol. The van der Waals surface area contributed by atoms with E-state index >= 15 is 0 Å². The average molecular weight is 365 g/mol. The summed E-state index contributed by atoms with van der Waals surface area (Å²) in [6.45, 7) is 4.77. The van der Waals surface area contributed by atoms with Crippen LogP contribution in [0.5, 0.6) is 5.75 Å². The van der Waals surface area contributed by atoms with Gasteiger partial charge >= 0.3 is 0 Å². The largest absolute Gasteiger partial charge is 0.494 e. The maximum atomic E-state index is 5.41. The van der Waals surface area contributed by atoms with Gasteiger partial charge in [0, 0.05) is 9.78 Å². The van der Waals surface area contributed by atoms with Gasteiger partial charge in [0.15, 0.2) is 0 Å². The van der Waals surface area contributed by atoms with Crippen LogP contribution in [0.2, 0.25) is 0 Å². The minimum absolute atomic E-state index is 0.690. The van der Waals surface area contributed by atoms with Crippen molar-refractivity contribution in [1.82, 2.24) is 0 Å². The molecule has 0 N–H and O–H groups in total. The van der Waals surface area contributed by atoms with Gasteiger partial charge in [-0.2, -0.15) is 0 Å². The van der Waals surface area contributed by atoms with Crippen LogP contribution in [-0.4, -0.2) is 12.8 Å². The molecule has 0 saturated carbocycles. The van der Waals surface area contributed by atoms with Crippen LogP contribution in [-0.2, 0) is 0 Å². The molecule has 0 spiro atoms. The minimum atomic E-state index is 0.690. The number of rotatable bonds is 4. The number of hydrogen-bond acceptors (Lipinski definition) is 2. The second kappa shape index (κ2) is 6.70. The first-order valence-corrected chi connectivity index (χ1v) is 7.30. The molecule has 2 aromatic rings. The van der Waals surface area contributed by atoms with Crippen LogP contribution in [0.15, 0.2) is 47.5 Å². The molecule has 3 heteroatoms. The molecule has 0 fully saturated rings. The molecule has 0 amide bonds. The zero-order valence-electron chi connectivity index (χ0n) is 11.1. The third-order valence-electron chi connectivity index (χ3n) is 2.71. The van der Waals surface area contributed by atoms with E-state index in [9.17, 15) is 0 Å².